The maximum atomic E-state index is 6.90. The molecule has 0 amide bonds. The molecule has 0 saturated heterocycles. The Morgan fingerprint density at radius 2 is 1.36 bits per heavy atom. The second-order valence-electron chi connectivity index (χ2n) is 19.1. The molecule has 0 unspecified atom stereocenters. The molecule has 6 aromatic heterocycles. The normalized spacial score (nSPS) is 12.7. The molecule has 0 atom stereocenters. The van der Waals surface area contributed by atoms with Gasteiger partial charge in [0.05, 0.1) is 50.7 Å². The Bertz CT molecular complexity index is 3830. The molecule has 64 heavy (non-hydrogen) atoms. The number of pyridine rings is 1. The summed E-state index contributed by atoms with van der Waals surface area (Å²) >= 11 is 0. The van der Waals surface area contributed by atoms with E-state index in [1.807, 2.05) is 23.1 Å². The van der Waals surface area contributed by atoms with Gasteiger partial charge in [-0.1, -0.05) is 115 Å². The number of nitrogens with zero attached hydrogens (tertiary/aromatic N) is 7. The van der Waals surface area contributed by atoms with Crippen molar-refractivity contribution >= 4 is 71.6 Å². The molecule has 12 rings (SSSR count). The van der Waals surface area contributed by atoms with E-state index in [2.05, 4.69) is 190 Å². The summed E-state index contributed by atoms with van der Waals surface area (Å²) in [4.78, 5) is 10.4. The van der Waals surface area contributed by atoms with Crippen molar-refractivity contribution in [1.29, 1.82) is 0 Å². The van der Waals surface area contributed by atoms with Gasteiger partial charge in [-0.15, -0.1) is 0 Å². The third kappa shape index (κ3) is 5.57. The van der Waals surface area contributed by atoms with Crippen LogP contribution in [0, 0.1) is 6.92 Å². The van der Waals surface area contributed by atoms with Crippen LogP contribution in [0.5, 0.6) is 0 Å². The van der Waals surface area contributed by atoms with Crippen LogP contribution in [-0.2, 0) is 5.41 Å². The van der Waals surface area contributed by atoms with Crippen LogP contribution >= 0.6 is 0 Å². The zero-order valence-electron chi connectivity index (χ0n) is 37.5. The number of rotatable bonds is 6. The minimum Gasteiger partial charge on any atom is -0.454 e. The standard InChI is InChI=1S/C56H49N7O/c1-32(2)38-18-14-19-39(33(3)4)52(38)35-30-58-60(31-35)37-26-43-41-17-10-12-22-50(41)64-54(43)49(27-37)61-44-20-11-9-16-40(44)42-28-47-48(29-46(42)61)63(51-25-36(23-24-57-51)56(6,7)8)55-59-53-34(5)15-13-21-45(53)62(47)55/h9-33H,1-8H3. The van der Waals surface area contributed by atoms with E-state index in [0.717, 1.165) is 99.9 Å². The van der Waals surface area contributed by atoms with Gasteiger partial charge in [0.1, 0.15) is 11.4 Å². The number of furan rings is 1. The molecule has 8 heteroatoms. The number of aromatic nitrogens is 7. The van der Waals surface area contributed by atoms with Gasteiger partial charge in [0.15, 0.2) is 5.58 Å². The smallest absolute Gasteiger partial charge is 0.221 e. The minimum absolute atomic E-state index is 0.0693. The van der Waals surface area contributed by atoms with E-state index in [1.165, 1.54) is 22.3 Å². The van der Waals surface area contributed by atoms with Crippen molar-refractivity contribution < 1.29 is 4.42 Å². The van der Waals surface area contributed by atoms with Gasteiger partial charge in [-0.25, -0.2) is 14.6 Å². The highest BCUT2D eigenvalue weighted by molar-refractivity contribution is 6.16. The highest BCUT2D eigenvalue weighted by atomic mass is 16.3. The molecule has 0 N–H and O–H groups in total. The predicted octanol–water partition coefficient (Wildman–Crippen LogP) is 14.5. The van der Waals surface area contributed by atoms with Crippen LogP contribution in [0.15, 0.2) is 144 Å². The quantitative estimate of drug-likeness (QED) is 0.167. The fourth-order valence-corrected chi connectivity index (χ4v) is 10.1. The van der Waals surface area contributed by atoms with Gasteiger partial charge in [0, 0.05) is 39.5 Å². The number of fused-ring (bicyclic) bond motifs is 11. The monoisotopic (exact) mass is 835 g/mol. The highest BCUT2D eigenvalue weighted by Crippen LogP contribution is 2.43. The van der Waals surface area contributed by atoms with E-state index < -0.39 is 0 Å². The molecule has 0 aliphatic rings. The molecule has 8 nitrogen and oxygen atoms in total. The van der Waals surface area contributed by atoms with Crippen molar-refractivity contribution in [2.45, 2.75) is 72.6 Å². The average Bonchev–Trinajstić information content (AvgIpc) is 4.12. The highest BCUT2D eigenvalue weighted by Gasteiger charge is 2.26. The third-order valence-electron chi connectivity index (χ3n) is 13.4. The Kier molecular flexibility index (Phi) is 8.23. The summed E-state index contributed by atoms with van der Waals surface area (Å²) in [5.41, 5.74) is 17.2. The van der Waals surface area contributed by atoms with Crippen LogP contribution < -0.4 is 0 Å². The van der Waals surface area contributed by atoms with Crippen molar-refractivity contribution in [2.75, 3.05) is 0 Å². The first kappa shape index (κ1) is 38.2. The second-order valence-corrected chi connectivity index (χ2v) is 19.1. The van der Waals surface area contributed by atoms with Gasteiger partial charge in [-0.3, -0.25) is 8.97 Å². The number of aryl methyl sites for hydroxylation is 1. The molecule has 0 radical (unpaired) electrons. The lowest BCUT2D eigenvalue weighted by molar-refractivity contribution is 0.588. The molecule has 6 heterocycles. The van der Waals surface area contributed by atoms with Crippen molar-refractivity contribution in [3.05, 3.63) is 162 Å². The van der Waals surface area contributed by atoms with Crippen LogP contribution in [0.1, 0.15) is 82.6 Å². The van der Waals surface area contributed by atoms with E-state index in [-0.39, 0.29) is 5.41 Å². The van der Waals surface area contributed by atoms with Crippen LogP contribution in [0.3, 0.4) is 0 Å². The van der Waals surface area contributed by atoms with Crippen molar-refractivity contribution in [2.24, 2.45) is 0 Å². The summed E-state index contributed by atoms with van der Waals surface area (Å²) in [5.74, 6) is 2.39. The Morgan fingerprint density at radius 1 is 0.625 bits per heavy atom. The maximum Gasteiger partial charge on any atom is 0.221 e. The summed E-state index contributed by atoms with van der Waals surface area (Å²) in [5, 5.41) is 9.48. The maximum absolute atomic E-state index is 6.90. The summed E-state index contributed by atoms with van der Waals surface area (Å²) < 4.78 is 15.9. The number of para-hydroxylation sites is 3. The lowest BCUT2D eigenvalue weighted by Crippen LogP contribution is -2.12. The van der Waals surface area contributed by atoms with Gasteiger partial charge in [-0.2, -0.15) is 5.10 Å². The van der Waals surface area contributed by atoms with Gasteiger partial charge in [0.2, 0.25) is 5.78 Å². The lowest BCUT2D eigenvalue weighted by atomic mass is 9.86. The van der Waals surface area contributed by atoms with Gasteiger partial charge in [-0.05, 0) is 107 Å². The van der Waals surface area contributed by atoms with Crippen molar-refractivity contribution in [3.8, 4) is 28.3 Å². The number of imidazole rings is 2. The van der Waals surface area contributed by atoms with Crippen LogP contribution in [0.4, 0.5) is 0 Å². The molecule has 0 bridgehead atoms. The first-order chi connectivity index (χ1) is 30.9. The Balaban J connectivity index is 1.17. The molecule has 0 aliphatic heterocycles. The van der Waals surface area contributed by atoms with Crippen LogP contribution in [-0.4, -0.2) is 33.3 Å². The SMILES string of the molecule is Cc1cccc2c1nc1n(-c3cc(C(C)(C)C)ccn3)c3cc4c(cc3n21)c1ccccc1n4-c1cc(-n2cc(-c3c(C(C)C)cccc3C(C)C)cn2)cc2c1oc1ccccc12. The molecule has 0 fully saturated rings. The Labute approximate surface area is 371 Å². The van der Waals surface area contributed by atoms with Crippen molar-refractivity contribution in [1.82, 2.24) is 33.3 Å². The van der Waals surface area contributed by atoms with Crippen LogP contribution in [0.2, 0.25) is 0 Å². The fourth-order valence-electron chi connectivity index (χ4n) is 10.1. The topological polar surface area (TPSA) is 71.0 Å². The molecular weight excluding hydrogens is 787 g/mol. The first-order valence-corrected chi connectivity index (χ1v) is 22.4. The van der Waals surface area contributed by atoms with E-state index in [0.29, 0.717) is 11.8 Å². The van der Waals surface area contributed by atoms with E-state index in [1.54, 1.807) is 0 Å². The molecule has 12 aromatic rings. The summed E-state index contributed by atoms with van der Waals surface area (Å²) in [6.45, 7) is 18.0. The average molecular weight is 836 g/mol. The van der Waals surface area contributed by atoms with Gasteiger partial charge in [0.25, 0.3) is 0 Å². The zero-order chi connectivity index (χ0) is 43.8. The summed E-state index contributed by atoms with van der Waals surface area (Å²) in [6, 6.07) is 43.7. The molecule has 6 aromatic carbocycles. The summed E-state index contributed by atoms with van der Waals surface area (Å²) in [6.07, 6.45) is 6.15. The first-order valence-electron chi connectivity index (χ1n) is 22.4. The van der Waals surface area contributed by atoms with Gasteiger partial charge >= 0.3 is 0 Å². The molecular formula is C56H49N7O. The largest absolute Gasteiger partial charge is 0.454 e. The van der Waals surface area contributed by atoms with Crippen molar-refractivity contribution in [3.63, 3.8) is 0 Å². The predicted molar refractivity (Wildman–Crippen MR) is 263 cm³/mol. The van der Waals surface area contributed by atoms with E-state index >= 15 is 0 Å². The zero-order valence-corrected chi connectivity index (χ0v) is 37.5. The van der Waals surface area contributed by atoms with E-state index in [9.17, 15) is 0 Å². The third-order valence-corrected chi connectivity index (χ3v) is 13.4. The molecule has 314 valence electrons. The molecule has 0 saturated carbocycles. The van der Waals surface area contributed by atoms with Gasteiger partial charge < -0.3 is 8.98 Å². The van der Waals surface area contributed by atoms with Crippen LogP contribution in [0.25, 0.3) is 99.9 Å². The Morgan fingerprint density at radius 3 is 2.14 bits per heavy atom. The Hall–Kier alpha value is -7.45. The lowest BCUT2D eigenvalue weighted by Gasteiger charge is -2.19. The fraction of sp³-hybridized carbons (Fsp3) is 0.196. The summed E-state index contributed by atoms with van der Waals surface area (Å²) in [7, 11) is 0. The number of benzene rings is 6. The molecule has 0 aliphatic carbocycles. The minimum atomic E-state index is -0.0693. The van der Waals surface area contributed by atoms with E-state index in [4.69, 9.17) is 19.5 Å². The second kappa shape index (κ2) is 13.8. The molecule has 0 spiro atoms. The number of hydrogen-bond acceptors (Lipinski definition) is 4. The number of hydrogen-bond donors (Lipinski definition) is 0.